The maximum absolute atomic E-state index is 12.4. The fraction of sp³-hybridized carbons (Fsp3) is 0.667. The minimum absolute atomic E-state index is 0.00792. The van der Waals surface area contributed by atoms with Crippen molar-refractivity contribution in [3.63, 3.8) is 0 Å². The van der Waals surface area contributed by atoms with Crippen molar-refractivity contribution in [1.82, 2.24) is 5.32 Å². The monoisotopic (exact) mass is 283 g/mol. The number of nitrogens with one attached hydrogen (secondary N) is 1. The van der Waals surface area contributed by atoms with Crippen molar-refractivity contribution in [1.29, 1.82) is 0 Å². The third kappa shape index (κ3) is 3.57. The Hall–Kier alpha value is -0.870. The van der Waals surface area contributed by atoms with Gasteiger partial charge in [0.15, 0.2) is 0 Å². The summed E-state index contributed by atoms with van der Waals surface area (Å²) in [6.45, 7) is 9.69. The lowest BCUT2D eigenvalue weighted by molar-refractivity contribution is -0.126. The van der Waals surface area contributed by atoms with Gasteiger partial charge in [-0.1, -0.05) is 13.8 Å². The number of aryl methyl sites for hydroxylation is 1. The van der Waals surface area contributed by atoms with Crippen molar-refractivity contribution in [2.24, 2.45) is 0 Å². The largest absolute Gasteiger partial charge is 0.391 e. The number of amides is 1. The number of rotatable bonds is 6. The van der Waals surface area contributed by atoms with E-state index in [0.29, 0.717) is 0 Å². The van der Waals surface area contributed by atoms with Crippen LogP contribution in [0.5, 0.6) is 0 Å². The normalized spacial score (nSPS) is 15.1. The van der Waals surface area contributed by atoms with E-state index in [2.05, 4.69) is 5.32 Å². The first-order valence-electron chi connectivity index (χ1n) is 6.92. The molecule has 0 aliphatic rings. The van der Waals surface area contributed by atoms with Gasteiger partial charge in [0.05, 0.1) is 17.6 Å². The van der Waals surface area contributed by atoms with Gasteiger partial charge in [0.1, 0.15) is 0 Å². The minimum Gasteiger partial charge on any atom is -0.391 e. The molecule has 0 fully saturated rings. The van der Waals surface area contributed by atoms with Crippen molar-refractivity contribution in [3.05, 3.63) is 21.9 Å². The molecule has 0 radical (unpaired) electrons. The molecule has 0 saturated carbocycles. The topological polar surface area (TPSA) is 49.3 Å². The van der Waals surface area contributed by atoms with Crippen molar-refractivity contribution in [2.45, 2.75) is 65.0 Å². The Labute approximate surface area is 120 Å². The summed E-state index contributed by atoms with van der Waals surface area (Å²) in [4.78, 5) is 14.7. The highest BCUT2D eigenvalue weighted by Gasteiger charge is 2.34. The number of carbonyl (C=O) groups is 1. The maximum Gasteiger partial charge on any atom is 0.228 e. The molecule has 0 aromatic carbocycles. The van der Waals surface area contributed by atoms with Gasteiger partial charge in [-0.05, 0) is 45.7 Å². The number of carbonyl (C=O) groups excluding carboxylic acids is 1. The Balaban J connectivity index is 2.83. The van der Waals surface area contributed by atoms with Gasteiger partial charge in [-0.25, -0.2) is 0 Å². The highest BCUT2D eigenvalue weighted by atomic mass is 32.1. The van der Waals surface area contributed by atoms with Crippen LogP contribution in [-0.4, -0.2) is 22.7 Å². The average molecular weight is 283 g/mol. The predicted molar refractivity (Wildman–Crippen MR) is 80.6 cm³/mol. The third-order valence-electron chi connectivity index (χ3n) is 4.01. The van der Waals surface area contributed by atoms with Gasteiger partial charge in [0.2, 0.25) is 5.91 Å². The first kappa shape index (κ1) is 16.2. The number of hydrogen-bond acceptors (Lipinski definition) is 3. The van der Waals surface area contributed by atoms with Crippen molar-refractivity contribution in [3.8, 4) is 0 Å². The van der Waals surface area contributed by atoms with Crippen LogP contribution in [0.4, 0.5) is 0 Å². The molecule has 1 rings (SSSR count). The minimum atomic E-state index is -0.552. The summed E-state index contributed by atoms with van der Waals surface area (Å²) < 4.78 is 0. The first-order chi connectivity index (χ1) is 8.86. The van der Waals surface area contributed by atoms with Crippen molar-refractivity contribution >= 4 is 17.2 Å². The van der Waals surface area contributed by atoms with Gasteiger partial charge in [-0.2, -0.15) is 0 Å². The standard InChI is InChI=1S/C15H25NO2S/c1-6-15(7-2,12(5)17)16-14(18)11(4)13-9-8-10(3)19-13/h8-9,11-12,17H,6-7H2,1-5H3,(H,16,18). The molecule has 1 aromatic heterocycles. The van der Waals surface area contributed by atoms with Crippen molar-refractivity contribution in [2.75, 3.05) is 0 Å². The summed E-state index contributed by atoms with van der Waals surface area (Å²) in [5.41, 5.74) is -0.516. The molecule has 2 N–H and O–H groups in total. The zero-order chi connectivity index (χ0) is 14.6. The SMILES string of the molecule is CCC(CC)(NC(=O)C(C)c1ccc(C)s1)C(C)O. The van der Waals surface area contributed by atoms with Gasteiger partial charge < -0.3 is 10.4 Å². The van der Waals surface area contributed by atoms with E-state index in [4.69, 9.17) is 0 Å². The van der Waals surface area contributed by atoms with E-state index in [1.807, 2.05) is 39.8 Å². The molecule has 1 aromatic rings. The van der Waals surface area contributed by atoms with Crippen LogP contribution >= 0.6 is 11.3 Å². The lowest BCUT2D eigenvalue weighted by Gasteiger charge is -2.36. The lowest BCUT2D eigenvalue weighted by atomic mass is 9.86. The zero-order valence-electron chi connectivity index (χ0n) is 12.5. The van der Waals surface area contributed by atoms with Gasteiger partial charge in [-0.15, -0.1) is 11.3 Å². The summed E-state index contributed by atoms with van der Waals surface area (Å²) in [5.74, 6) is -0.179. The van der Waals surface area contributed by atoms with Crippen LogP contribution in [0, 0.1) is 6.92 Å². The molecule has 3 nitrogen and oxygen atoms in total. The van der Waals surface area contributed by atoms with Crippen molar-refractivity contribution < 1.29 is 9.90 Å². The van der Waals surface area contributed by atoms with Crippen LogP contribution in [0.1, 0.15) is 56.2 Å². The lowest BCUT2D eigenvalue weighted by Crippen LogP contribution is -2.55. The molecule has 2 atom stereocenters. The maximum atomic E-state index is 12.4. The van der Waals surface area contributed by atoms with E-state index in [0.717, 1.165) is 17.7 Å². The summed E-state index contributed by atoms with van der Waals surface area (Å²) in [6, 6.07) is 4.04. The zero-order valence-corrected chi connectivity index (χ0v) is 13.3. The van der Waals surface area contributed by atoms with E-state index in [1.165, 1.54) is 4.88 Å². The Morgan fingerprint density at radius 2 is 1.95 bits per heavy atom. The van der Waals surface area contributed by atoms with E-state index >= 15 is 0 Å². The summed E-state index contributed by atoms with van der Waals surface area (Å²) >= 11 is 1.65. The molecule has 0 spiro atoms. The molecule has 0 aliphatic carbocycles. The summed E-state index contributed by atoms with van der Waals surface area (Å²) in [7, 11) is 0. The molecule has 4 heteroatoms. The molecule has 1 amide bonds. The Bertz CT molecular complexity index is 422. The van der Waals surface area contributed by atoms with Gasteiger partial charge in [-0.3, -0.25) is 4.79 Å². The molecular weight excluding hydrogens is 258 g/mol. The Kier molecular flexibility index (Phi) is 5.56. The highest BCUT2D eigenvalue weighted by molar-refractivity contribution is 7.12. The molecule has 1 heterocycles. The van der Waals surface area contributed by atoms with Crippen LogP contribution < -0.4 is 5.32 Å². The predicted octanol–water partition coefficient (Wildman–Crippen LogP) is 3.22. The van der Waals surface area contributed by atoms with E-state index in [1.54, 1.807) is 18.3 Å². The first-order valence-corrected chi connectivity index (χ1v) is 7.74. The molecule has 2 unspecified atom stereocenters. The molecule has 108 valence electrons. The van der Waals surface area contributed by atoms with Gasteiger partial charge >= 0.3 is 0 Å². The second-order valence-corrected chi connectivity index (χ2v) is 6.52. The highest BCUT2D eigenvalue weighted by Crippen LogP contribution is 2.27. The molecule has 0 saturated heterocycles. The number of aliphatic hydroxyl groups excluding tert-OH is 1. The summed E-state index contributed by atoms with van der Waals surface area (Å²) in [6.07, 6.45) is 0.898. The second-order valence-electron chi connectivity index (χ2n) is 5.20. The number of aliphatic hydroxyl groups is 1. The van der Waals surface area contributed by atoms with E-state index in [9.17, 15) is 9.90 Å². The van der Waals surface area contributed by atoms with Crippen LogP contribution in [-0.2, 0) is 4.79 Å². The second kappa shape index (κ2) is 6.53. The number of hydrogen-bond donors (Lipinski definition) is 2. The number of thiophene rings is 1. The fourth-order valence-electron chi connectivity index (χ4n) is 2.29. The van der Waals surface area contributed by atoms with Gasteiger partial charge in [0, 0.05) is 9.75 Å². The van der Waals surface area contributed by atoms with E-state index < -0.39 is 11.6 Å². The molecule has 0 bridgehead atoms. The smallest absolute Gasteiger partial charge is 0.228 e. The van der Waals surface area contributed by atoms with Crippen LogP contribution in [0.25, 0.3) is 0 Å². The quantitative estimate of drug-likeness (QED) is 0.842. The molecule has 0 aliphatic heterocycles. The Morgan fingerprint density at radius 3 is 2.32 bits per heavy atom. The fourth-order valence-corrected chi connectivity index (χ4v) is 3.22. The van der Waals surface area contributed by atoms with E-state index in [-0.39, 0.29) is 11.8 Å². The van der Waals surface area contributed by atoms with Crippen LogP contribution in [0.2, 0.25) is 0 Å². The molecule has 19 heavy (non-hydrogen) atoms. The Morgan fingerprint density at radius 1 is 1.37 bits per heavy atom. The molecular formula is C15H25NO2S. The summed E-state index contributed by atoms with van der Waals surface area (Å²) in [5, 5.41) is 13.0. The van der Waals surface area contributed by atoms with Crippen LogP contribution in [0.15, 0.2) is 12.1 Å². The van der Waals surface area contributed by atoms with Gasteiger partial charge in [0.25, 0.3) is 0 Å². The van der Waals surface area contributed by atoms with Crippen LogP contribution in [0.3, 0.4) is 0 Å². The third-order valence-corrected chi connectivity index (χ3v) is 5.20. The average Bonchev–Trinajstić information content (AvgIpc) is 2.81.